The Morgan fingerprint density at radius 1 is 0.773 bits per heavy atom. The predicted molar refractivity (Wildman–Crippen MR) is 98.0 cm³/mol. The van der Waals surface area contributed by atoms with Crippen LogP contribution in [-0.4, -0.2) is 5.11 Å². The largest absolute Gasteiger partial charge is 0.507 e. The number of hydrogen-bond donors (Lipinski definition) is 1. The Balaban J connectivity index is 2.59. The molecule has 0 fully saturated rings. The fraction of sp³-hybridized carbons (Fsp3) is 0.714. The normalized spacial score (nSPS) is 11.6. The van der Waals surface area contributed by atoms with Crippen LogP contribution < -0.4 is 0 Å². The lowest BCUT2D eigenvalue weighted by Crippen LogP contribution is -1.99. The van der Waals surface area contributed by atoms with Gasteiger partial charge in [-0.2, -0.15) is 0 Å². The zero-order valence-electron chi connectivity index (χ0n) is 15.4. The van der Waals surface area contributed by atoms with Crippen molar-refractivity contribution in [3.63, 3.8) is 0 Å². The van der Waals surface area contributed by atoms with Gasteiger partial charge in [-0.25, -0.2) is 0 Å². The highest BCUT2D eigenvalue weighted by atomic mass is 16.3. The van der Waals surface area contributed by atoms with E-state index in [1.807, 2.05) is 0 Å². The summed E-state index contributed by atoms with van der Waals surface area (Å²) in [6.07, 6.45) is 10.6. The molecule has 22 heavy (non-hydrogen) atoms. The molecule has 1 N–H and O–H groups in total. The van der Waals surface area contributed by atoms with Crippen molar-refractivity contribution in [2.24, 2.45) is 0 Å². The van der Waals surface area contributed by atoms with Crippen LogP contribution in [0.2, 0.25) is 0 Å². The Morgan fingerprint density at radius 2 is 1.23 bits per heavy atom. The summed E-state index contributed by atoms with van der Waals surface area (Å²) in [5.74, 6) is 1.28. The summed E-state index contributed by atoms with van der Waals surface area (Å²) in [4.78, 5) is 0. The Labute approximate surface area is 138 Å². The van der Waals surface area contributed by atoms with E-state index in [9.17, 15) is 5.11 Å². The lowest BCUT2D eigenvalue weighted by molar-refractivity contribution is 0.454. The third-order valence-electron chi connectivity index (χ3n) is 4.54. The number of phenols is 1. The highest BCUT2D eigenvalue weighted by Gasteiger charge is 2.14. The van der Waals surface area contributed by atoms with Crippen LogP contribution in [0, 0.1) is 0 Å². The molecule has 0 saturated heterocycles. The monoisotopic (exact) mass is 304 g/mol. The Bertz CT molecular complexity index is 403. The molecule has 0 bridgehead atoms. The molecule has 0 aliphatic heterocycles. The van der Waals surface area contributed by atoms with Crippen LogP contribution in [0.3, 0.4) is 0 Å². The molecule has 1 rings (SSSR count). The minimum Gasteiger partial charge on any atom is -0.507 e. The summed E-state index contributed by atoms with van der Waals surface area (Å²) in [5.41, 5.74) is 3.63. The zero-order chi connectivity index (χ0) is 16.5. The van der Waals surface area contributed by atoms with Crippen molar-refractivity contribution in [2.45, 2.75) is 97.8 Å². The van der Waals surface area contributed by atoms with Crippen LogP contribution >= 0.6 is 0 Å². The maximum Gasteiger partial charge on any atom is 0.122 e. The molecule has 0 aromatic heterocycles. The second-order valence-electron chi connectivity index (χ2n) is 7.30. The number of aryl methyl sites for hydroxylation is 1. The van der Waals surface area contributed by atoms with E-state index in [0.717, 1.165) is 17.5 Å². The molecule has 126 valence electrons. The van der Waals surface area contributed by atoms with Gasteiger partial charge in [-0.3, -0.25) is 0 Å². The van der Waals surface area contributed by atoms with E-state index in [0.29, 0.717) is 17.6 Å². The molecule has 0 amide bonds. The molecule has 0 spiro atoms. The smallest absolute Gasteiger partial charge is 0.122 e. The lowest BCUT2D eigenvalue weighted by Gasteiger charge is -2.17. The maximum absolute atomic E-state index is 10.4. The average Bonchev–Trinajstić information content (AvgIpc) is 2.47. The minimum atomic E-state index is 0.381. The Kier molecular flexibility index (Phi) is 8.60. The molecule has 1 aromatic carbocycles. The predicted octanol–water partition coefficient (Wildman–Crippen LogP) is 6.93. The second kappa shape index (κ2) is 9.92. The first kappa shape index (κ1) is 19.1. The third kappa shape index (κ3) is 6.02. The maximum atomic E-state index is 10.4. The fourth-order valence-corrected chi connectivity index (χ4v) is 3.06. The van der Waals surface area contributed by atoms with Crippen molar-refractivity contribution < 1.29 is 5.11 Å². The van der Waals surface area contributed by atoms with Crippen LogP contribution in [0.15, 0.2) is 12.1 Å². The number of benzene rings is 1. The number of hydrogen-bond acceptors (Lipinski definition) is 1. The first-order valence-corrected chi connectivity index (χ1v) is 9.33. The van der Waals surface area contributed by atoms with E-state index in [-0.39, 0.29) is 0 Å². The Morgan fingerprint density at radius 3 is 1.68 bits per heavy atom. The van der Waals surface area contributed by atoms with Gasteiger partial charge < -0.3 is 5.11 Å². The van der Waals surface area contributed by atoms with Crippen LogP contribution in [0.4, 0.5) is 0 Å². The summed E-state index contributed by atoms with van der Waals surface area (Å²) in [5, 5.41) is 10.4. The molecular formula is C21H36O. The molecule has 0 unspecified atom stereocenters. The molecule has 0 atom stereocenters. The van der Waals surface area contributed by atoms with Crippen LogP contribution in [0.5, 0.6) is 5.75 Å². The number of unbranched alkanes of at least 4 members (excludes halogenated alkanes) is 6. The second-order valence-corrected chi connectivity index (χ2v) is 7.30. The molecule has 0 aliphatic rings. The van der Waals surface area contributed by atoms with Crippen LogP contribution in [0.1, 0.15) is 108 Å². The Hall–Kier alpha value is -0.980. The number of rotatable bonds is 10. The summed E-state index contributed by atoms with van der Waals surface area (Å²) in [6.45, 7) is 10.9. The summed E-state index contributed by atoms with van der Waals surface area (Å²) in [7, 11) is 0. The van der Waals surface area contributed by atoms with Gasteiger partial charge in [0, 0.05) is 0 Å². The first-order chi connectivity index (χ1) is 10.5. The lowest BCUT2D eigenvalue weighted by atomic mass is 9.90. The van der Waals surface area contributed by atoms with Gasteiger partial charge in [0.25, 0.3) is 0 Å². The zero-order valence-corrected chi connectivity index (χ0v) is 15.4. The minimum absolute atomic E-state index is 0.381. The quantitative estimate of drug-likeness (QED) is 0.464. The van der Waals surface area contributed by atoms with E-state index in [1.165, 1.54) is 50.5 Å². The number of aromatic hydroxyl groups is 1. The summed E-state index contributed by atoms with van der Waals surface area (Å²) in [6, 6.07) is 4.45. The fourth-order valence-electron chi connectivity index (χ4n) is 3.06. The molecule has 0 radical (unpaired) electrons. The average molecular weight is 305 g/mol. The molecule has 1 heteroatoms. The van der Waals surface area contributed by atoms with Gasteiger partial charge in [-0.15, -0.1) is 0 Å². The van der Waals surface area contributed by atoms with E-state index < -0.39 is 0 Å². The van der Waals surface area contributed by atoms with Gasteiger partial charge in [0.15, 0.2) is 0 Å². The van der Waals surface area contributed by atoms with Gasteiger partial charge in [-0.1, -0.05) is 85.3 Å². The third-order valence-corrected chi connectivity index (χ3v) is 4.54. The summed E-state index contributed by atoms with van der Waals surface area (Å²) >= 11 is 0. The van der Waals surface area contributed by atoms with Gasteiger partial charge in [0.1, 0.15) is 5.75 Å². The molecule has 0 aliphatic carbocycles. The van der Waals surface area contributed by atoms with Crippen molar-refractivity contribution in [1.29, 1.82) is 0 Å². The van der Waals surface area contributed by atoms with Gasteiger partial charge in [-0.05, 0) is 41.4 Å². The van der Waals surface area contributed by atoms with Crippen LogP contribution in [-0.2, 0) is 6.42 Å². The standard InChI is InChI=1S/C21H36O/c1-6-7-8-9-10-11-12-13-18-14-19(16(2)3)21(22)20(15-18)17(4)5/h14-17,22H,6-13H2,1-5H3. The molecule has 1 aromatic rings. The van der Waals surface area contributed by atoms with Crippen molar-refractivity contribution in [3.05, 3.63) is 28.8 Å². The first-order valence-electron chi connectivity index (χ1n) is 9.33. The van der Waals surface area contributed by atoms with Gasteiger partial charge in [0.05, 0.1) is 0 Å². The highest BCUT2D eigenvalue weighted by Crippen LogP contribution is 2.35. The van der Waals surface area contributed by atoms with E-state index >= 15 is 0 Å². The molecule has 0 saturated carbocycles. The van der Waals surface area contributed by atoms with Crippen molar-refractivity contribution in [2.75, 3.05) is 0 Å². The molecular weight excluding hydrogens is 268 g/mol. The topological polar surface area (TPSA) is 20.2 Å². The van der Waals surface area contributed by atoms with E-state index in [2.05, 4.69) is 46.8 Å². The highest BCUT2D eigenvalue weighted by molar-refractivity contribution is 5.46. The van der Waals surface area contributed by atoms with E-state index in [4.69, 9.17) is 0 Å². The van der Waals surface area contributed by atoms with Crippen molar-refractivity contribution >= 4 is 0 Å². The number of phenolic OH excluding ortho intramolecular Hbond substituents is 1. The van der Waals surface area contributed by atoms with Gasteiger partial charge >= 0.3 is 0 Å². The van der Waals surface area contributed by atoms with Crippen LogP contribution in [0.25, 0.3) is 0 Å². The van der Waals surface area contributed by atoms with Gasteiger partial charge in [0.2, 0.25) is 0 Å². The van der Waals surface area contributed by atoms with Crippen molar-refractivity contribution in [3.8, 4) is 5.75 Å². The molecule has 0 heterocycles. The molecule has 1 nitrogen and oxygen atoms in total. The SMILES string of the molecule is CCCCCCCCCc1cc(C(C)C)c(O)c(C(C)C)c1. The summed E-state index contributed by atoms with van der Waals surface area (Å²) < 4.78 is 0. The van der Waals surface area contributed by atoms with Crippen molar-refractivity contribution in [1.82, 2.24) is 0 Å². The van der Waals surface area contributed by atoms with E-state index in [1.54, 1.807) is 0 Å².